The molecule has 0 aliphatic heterocycles. The maximum absolute atomic E-state index is 13.3. The number of nitrogens with one attached hydrogen (secondary N) is 2. The number of hydrogen-bond donors (Lipinski definition) is 2. The second-order valence-corrected chi connectivity index (χ2v) is 8.00. The zero-order chi connectivity index (χ0) is 23.3. The van der Waals surface area contributed by atoms with Crippen molar-refractivity contribution in [3.05, 3.63) is 88.5 Å². The number of sulfonamides is 1. The first kappa shape index (κ1) is 22.6. The second-order valence-electron chi connectivity index (χ2n) is 6.32. The van der Waals surface area contributed by atoms with Crippen LogP contribution >= 0.6 is 0 Å². The van der Waals surface area contributed by atoms with E-state index in [4.69, 9.17) is 4.74 Å². The van der Waals surface area contributed by atoms with Crippen molar-refractivity contribution < 1.29 is 31.7 Å². The normalized spacial score (nSPS) is 10.9. The summed E-state index contributed by atoms with van der Waals surface area (Å²) in [5, 5.41) is 13.4. The maximum atomic E-state index is 13.3. The van der Waals surface area contributed by atoms with Gasteiger partial charge in [-0.15, -0.1) is 0 Å². The molecule has 0 saturated heterocycles. The number of nitrogens with zero attached hydrogens (tertiary/aromatic N) is 1. The number of benzene rings is 3. The lowest BCUT2D eigenvalue weighted by molar-refractivity contribution is -0.385. The van der Waals surface area contributed by atoms with Crippen molar-refractivity contribution in [1.29, 1.82) is 0 Å². The molecule has 0 spiro atoms. The average molecular weight is 463 g/mol. The molecule has 0 aromatic heterocycles. The lowest BCUT2D eigenvalue weighted by Gasteiger charge is -2.10. The van der Waals surface area contributed by atoms with Gasteiger partial charge in [0.05, 0.1) is 9.82 Å². The first-order chi connectivity index (χ1) is 15.2. The molecule has 0 heterocycles. The van der Waals surface area contributed by atoms with Crippen molar-refractivity contribution in [3.8, 4) is 5.75 Å². The standard InChI is InChI=1S/C20H15F2N3O6S/c21-16-10-9-15(11-17(16)22)32(29,30)24-14-7-5-13(6-8-14)23-20(26)12-31-19-4-2-1-3-18(19)25(27)28/h1-11,24H,12H2,(H,23,26). The van der Waals surface area contributed by atoms with E-state index < -0.39 is 44.0 Å². The second kappa shape index (κ2) is 9.39. The Morgan fingerprint density at radius 2 is 1.62 bits per heavy atom. The molecule has 0 saturated carbocycles. The molecule has 0 unspecified atom stereocenters. The van der Waals surface area contributed by atoms with Gasteiger partial charge in [-0.05, 0) is 48.5 Å². The largest absolute Gasteiger partial charge is 0.477 e. The summed E-state index contributed by atoms with van der Waals surface area (Å²) in [4.78, 5) is 21.9. The predicted molar refractivity (Wildman–Crippen MR) is 111 cm³/mol. The topological polar surface area (TPSA) is 128 Å². The average Bonchev–Trinajstić information content (AvgIpc) is 2.75. The number of anilines is 2. The minimum absolute atomic E-state index is 0.0605. The Kier molecular flexibility index (Phi) is 6.64. The molecule has 2 N–H and O–H groups in total. The van der Waals surface area contributed by atoms with Crippen LogP contribution in [0.4, 0.5) is 25.8 Å². The number of amides is 1. The third-order valence-corrected chi connectivity index (χ3v) is 5.42. The van der Waals surface area contributed by atoms with Gasteiger partial charge in [-0.25, -0.2) is 17.2 Å². The molecule has 9 nitrogen and oxygen atoms in total. The van der Waals surface area contributed by atoms with Crippen LogP contribution in [0.5, 0.6) is 5.75 Å². The van der Waals surface area contributed by atoms with Crippen LogP contribution in [0.1, 0.15) is 0 Å². The SMILES string of the molecule is O=C(COc1ccccc1[N+](=O)[O-])Nc1ccc(NS(=O)(=O)c2ccc(F)c(F)c2)cc1. The van der Waals surface area contributed by atoms with Gasteiger partial charge in [-0.2, -0.15) is 0 Å². The fourth-order valence-corrected chi connectivity index (χ4v) is 3.62. The Hall–Kier alpha value is -4.06. The predicted octanol–water partition coefficient (Wildman–Crippen LogP) is 3.69. The first-order valence-corrected chi connectivity index (χ1v) is 10.4. The van der Waals surface area contributed by atoms with Crippen molar-refractivity contribution in [3.63, 3.8) is 0 Å². The minimum Gasteiger partial charge on any atom is -0.477 e. The Morgan fingerprint density at radius 3 is 2.28 bits per heavy atom. The molecule has 3 aromatic rings. The molecule has 166 valence electrons. The third kappa shape index (κ3) is 5.55. The van der Waals surface area contributed by atoms with E-state index in [0.29, 0.717) is 17.8 Å². The lowest BCUT2D eigenvalue weighted by Crippen LogP contribution is -2.20. The Labute approximate surface area is 180 Å². The zero-order valence-electron chi connectivity index (χ0n) is 16.1. The van der Waals surface area contributed by atoms with Gasteiger partial charge >= 0.3 is 5.69 Å². The number of halogens is 2. The molecular weight excluding hydrogens is 448 g/mol. The Balaban J connectivity index is 1.60. The fraction of sp³-hybridized carbons (Fsp3) is 0.0500. The number of rotatable bonds is 8. The van der Waals surface area contributed by atoms with Crippen LogP contribution in [-0.4, -0.2) is 25.9 Å². The van der Waals surface area contributed by atoms with Crippen LogP contribution in [-0.2, 0) is 14.8 Å². The van der Waals surface area contributed by atoms with E-state index in [-0.39, 0.29) is 17.1 Å². The number of nitro benzene ring substituents is 1. The number of carbonyl (C=O) groups is 1. The highest BCUT2D eigenvalue weighted by Crippen LogP contribution is 2.26. The lowest BCUT2D eigenvalue weighted by atomic mass is 10.3. The fourth-order valence-electron chi connectivity index (χ4n) is 2.55. The highest BCUT2D eigenvalue weighted by Gasteiger charge is 2.17. The van der Waals surface area contributed by atoms with Gasteiger partial charge in [0.2, 0.25) is 0 Å². The van der Waals surface area contributed by atoms with E-state index in [2.05, 4.69) is 10.0 Å². The van der Waals surface area contributed by atoms with E-state index in [9.17, 15) is 32.1 Å². The molecular formula is C20H15F2N3O6S. The molecule has 0 radical (unpaired) electrons. The van der Waals surface area contributed by atoms with E-state index >= 15 is 0 Å². The number of ether oxygens (including phenoxy) is 1. The summed E-state index contributed by atoms with van der Waals surface area (Å²) in [6.07, 6.45) is 0. The van der Waals surface area contributed by atoms with E-state index in [1.165, 1.54) is 48.5 Å². The first-order valence-electron chi connectivity index (χ1n) is 8.90. The van der Waals surface area contributed by atoms with E-state index in [1.807, 2.05) is 0 Å². The molecule has 32 heavy (non-hydrogen) atoms. The van der Waals surface area contributed by atoms with Gasteiger partial charge in [0, 0.05) is 17.4 Å². The van der Waals surface area contributed by atoms with Crippen LogP contribution in [0.15, 0.2) is 71.6 Å². The quantitative estimate of drug-likeness (QED) is 0.387. The molecule has 3 rings (SSSR count). The van der Waals surface area contributed by atoms with Gasteiger partial charge < -0.3 is 10.1 Å². The van der Waals surface area contributed by atoms with Crippen LogP contribution in [0.3, 0.4) is 0 Å². The van der Waals surface area contributed by atoms with Crippen molar-refractivity contribution in [2.45, 2.75) is 4.90 Å². The van der Waals surface area contributed by atoms with Crippen LogP contribution < -0.4 is 14.8 Å². The summed E-state index contributed by atoms with van der Waals surface area (Å²) in [6.45, 7) is -0.491. The van der Waals surface area contributed by atoms with Crippen molar-refractivity contribution >= 4 is 33.0 Å². The molecule has 12 heteroatoms. The van der Waals surface area contributed by atoms with Gasteiger partial charge in [-0.3, -0.25) is 19.6 Å². The monoisotopic (exact) mass is 463 g/mol. The van der Waals surface area contributed by atoms with Crippen molar-refractivity contribution in [1.82, 2.24) is 0 Å². The Morgan fingerprint density at radius 1 is 0.969 bits per heavy atom. The molecule has 1 amide bonds. The number of para-hydroxylation sites is 2. The highest BCUT2D eigenvalue weighted by molar-refractivity contribution is 7.92. The summed E-state index contributed by atoms with van der Waals surface area (Å²) in [7, 11) is -4.16. The van der Waals surface area contributed by atoms with E-state index in [0.717, 1.165) is 6.07 Å². The third-order valence-electron chi connectivity index (χ3n) is 4.04. The zero-order valence-corrected chi connectivity index (χ0v) is 16.9. The van der Waals surface area contributed by atoms with Crippen LogP contribution in [0, 0.1) is 21.7 Å². The summed E-state index contributed by atoms with van der Waals surface area (Å²) in [6, 6.07) is 13.3. The van der Waals surface area contributed by atoms with Gasteiger partial charge in [0.15, 0.2) is 24.0 Å². The summed E-state index contributed by atoms with van der Waals surface area (Å²) in [5.74, 6) is -3.13. The minimum atomic E-state index is -4.16. The van der Waals surface area contributed by atoms with E-state index in [1.54, 1.807) is 0 Å². The van der Waals surface area contributed by atoms with Gasteiger partial charge in [0.25, 0.3) is 15.9 Å². The van der Waals surface area contributed by atoms with Crippen LogP contribution in [0.25, 0.3) is 0 Å². The smallest absolute Gasteiger partial charge is 0.310 e. The molecule has 0 aliphatic rings. The highest BCUT2D eigenvalue weighted by atomic mass is 32.2. The molecule has 0 atom stereocenters. The summed E-state index contributed by atoms with van der Waals surface area (Å²) >= 11 is 0. The maximum Gasteiger partial charge on any atom is 0.310 e. The molecule has 0 aliphatic carbocycles. The molecule has 0 fully saturated rings. The van der Waals surface area contributed by atoms with Crippen LogP contribution in [0.2, 0.25) is 0 Å². The molecule has 3 aromatic carbocycles. The number of nitro groups is 1. The Bertz CT molecular complexity index is 1270. The van der Waals surface area contributed by atoms with Gasteiger partial charge in [0.1, 0.15) is 0 Å². The summed E-state index contributed by atoms with van der Waals surface area (Å²) in [5.41, 5.74) is 0.138. The molecule has 0 bridgehead atoms. The summed E-state index contributed by atoms with van der Waals surface area (Å²) < 4.78 is 58.3. The van der Waals surface area contributed by atoms with Gasteiger partial charge in [-0.1, -0.05) is 12.1 Å². The number of hydrogen-bond acceptors (Lipinski definition) is 6. The van der Waals surface area contributed by atoms with Crippen molar-refractivity contribution in [2.24, 2.45) is 0 Å². The number of carbonyl (C=O) groups excluding carboxylic acids is 1. The van der Waals surface area contributed by atoms with Crippen molar-refractivity contribution in [2.75, 3.05) is 16.6 Å².